The molecular formula is C19H10F6N4O. The van der Waals surface area contributed by atoms with E-state index in [-0.39, 0.29) is 17.1 Å². The zero-order valence-corrected chi connectivity index (χ0v) is 14.7. The van der Waals surface area contributed by atoms with Crippen LogP contribution in [0, 0.1) is 0 Å². The zero-order chi connectivity index (χ0) is 21.5. The van der Waals surface area contributed by atoms with E-state index in [9.17, 15) is 26.3 Å². The van der Waals surface area contributed by atoms with Crippen LogP contribution >= 0.6 is 0 Å². The van der Waals surface area contributed by atoms with Gasteiger partial charge in [-0.1, -0.05) is 35.5 Å². The van der Waals surface area contributed by atoms with E-state index in [4.69, 9.17) is 4.52 Å². The molecule has 30 heavy (non-hydrogen) atoms. The molecule has 2 aromatic heterocycles. The van der Waals surface area contributed by atoms with Gasteiger partial charge in [0, 0.05) is 5.56 Å². The standard InChI is InChI=1S/C19H10F6N4O/c20-18(21,22)12-8-6-11(7-9-12)16-27-17(30-28-16)14-10-26-29(15(14)19(23,24)25)13-4-2-1-3-5-13/h1-10H. The van der Waals surface area contributed by atoms with Crippen LogP contribution in [-0.4, -0.2) is 19.9 Å². The molecular weight excluding hydrogens is 414 g/mol. The molecule has 0 fully saturated rings. The third-order valence-corrected chi connectivity index (χ3v) is 4.17. The Morgan fingerprint density at radius 1 is 0.800 bits per heavy atom. The number of para-hydroxylation sites is 1. The van der Waals surface area contributed by atoms with Crippen molar-refractivity contribution in [2.75, 3.05) is 0 Å². The van der Waals surface area contributed by atoms with E-state index in [1.165, 1.54) is 12.1 Å². The number of rotatable bonds is 3. The molecule has 0 saturated heterocycles. The molecule has 5 nitrogen and oxygen atoms in total. The Labute approximate surface area is 164 Å². The molecule has 0 aliphatic heterocycles. The summed E-state index contributed by atoms with van der Waals surface area (Å²) in [7, 11) is 0. The second kappa shape index (κ2) is 7.01. The Bertz CT molecular complexity index is 1160. The van der Waals surface area contributed by atoms with Crippen molar-refractivity contribution in [2.24, 2.45) is 0 Å². The van der Waals surface area contributed by atoms with E-state index < -0.39 is 35.1 Å². The molecule has 2 aromatic carbocycles. The molecule has 0 atom stereocenters. The first-order valence-corrected chi connectivity index (χ1v) is 8.37. The van der Waals surface area contributed by atoms with Crippen LogP contribution in [0.4, 0.5) is 26.3 Å². The summed E-state index contributed by atoms with van der Waals surface area (Å²) in [5.74, 6) is -0.612. The van der Waals surface area contributed by atoms with Crippen molar-refractivity contribution in [2.45, 2.75) is 12.4 Å². The average molecular weight is 424 g/mol. The predicted molar refractivity (Wildman–Crippen MR) is 92.3 cm³/mol. The van der Waals surface area contributed by atoms with Gasteiger partial charge < -0.3 is 4.52 Å². The number of halogens is 6. The van der Waals surface area contributed by atoms with Crippen LogP contribution in [0.1, 0.15) is 11.3 Å². The van der Waals surface area contributed by atoms with Gasteiger partial charge in [-0.3, -0.25) is 0 Å². The van der Waals surface area contributed by atoms with E-state index in [1.807, 2.05) is 0 Å². The second-order valence-electron chi connectivity index (χ2n) is 6.15. The van der Waals surface area contributed by atoms with E-state index in [2.05, 4.69) is 15.2 Å². The van der Waals surface area contributed by atoms with Crippen LogP contribution in [0.5, 0.6) is 0 Å². The van der Waals surface area contributed by atoms with Gasteiger partial charge >= 0.3 is 12.4 Å². The molecule has 154 valence electrons. The van der Waals surface area contributed by atoms with Crippen molar-refractivity contribution >= 4 is 0 Å². The van der Waals surface area contributed by atoms with E-state index >= 15 is 0 Å². The van der Waals surface area contributed by atoms with Gasteiger partial charge in [0.25, 0.3) is 5.89 Å². The van der Waals surface area contributed by atoms with Crippen molar-refractivity contribution in [3.8, 4) is 28.5 Å². The lowest BCUT2D eigenvalue weighted by Gasteiger charge is -2.11. The second-order valence-corrected chi connectivity index (χ2v) is 6.15. The third kappa shape index (κ3) is 3.65. The van der Waals surface area contributed by atoms with Crippen molar-refractivity contribution in [1.29, 1.82) is 0 Å². The van der Waals surface area contributed by atoms with Crippen LogP contribution in [0.3, 0.4) is 0 Å². The molecule has 0 spiro atoms. The third-order valence-electron chi connectivity index (χ3n) is 4.17. The first-order valence-electron chi connectivity index (χ1n) is 8.37. The lowest BCUT2D eigenvalue weighted by molar-refractivity contribution is -0.142. The van der Waals surface area contributed by atoms with Crippen LogP contribution in [-0.2, 0) is 12.4 Å². The molecule has 0 aliphatic rings. The summed E-state index contributed by atoms with van der Waals surface area (Å²) in [5.41, 5.74) is -2.10. The van der Waals surface area contributed by atoms with E-state index in [0.717, 1.165) is 30.5 Å². The highest BCUT2D eigenvalue weighted by atomic mass is 19.4. The molecule has 0 aliphatic carbocycles. The molecule has 11 heteroatoms. The average Bonchev–Trinajstić information content (AvgIpc) is 3.35. The molecule has 0 saturated carbocycles. The predicted octanol–water partition coefficient (Wildman–Crippen LogP) is 5.63. The minimum absolute atomic E-state index is 0.153. The lowest BCUT2D eigenvalue weighted by atomic mass is 10.1. The summed E-state index contributed by atoms with van der Waals surface area (Å²) < 4.78 is 84.9. The van der Waals surface area contributed by atoms with Crippen molar-refractivity contribution in [1.82, 2.24) is 19.9 Å². The van der Waals surface area contributed by atoms with Gasteiger partial charge in [-0.15, -0.1) is 0 Å². The molecule has 0 bridgehead atoms. The quantitative estimate of drug-likeness (QED) is 0.400. The molecule has 4 rings (SSSR count). The lowest BCUT2D eigenvalue weighted by Crippen LogP contribution is -2.14. The normalized spacial score (nSPS) is 12.3. The van der Waals surface area contributed by atoms with E-state index in [0.29, 0.717) is 4.68 Å². The number of hydrogen-bond acceptors (Lipinski definition) is 4. The smallest absolute Gasteiger partial charge is 0.333 e. The summed E-state index contributed by atoms with van der Waals surface area (Å²) in [6.07, 6.45) is -8.36. The molecule has 0 amide bonds. The number of alkyl halides is 6. The fourth-order valence-electron chi connectivity index (χ4n) is 2.80. The maximum absolute atomic E-state index is 13.7. The summed E-state index contributed by atoms with van der Waals surface area (Å²) in [6, 6.07) is 11.5. The van der Waals surface area contributed by atoms with Gasteiger partial charge in [0.05, 0.1) is 23.0 Å². The molecule has 0 unspecified atom stereocenters. The van der Waals surface area contributed by atoms with Crippen LogP contribution in [0.2, 0.25) is 0 Å². The molecule has 0 radical (unpaired) electrons. The minimum Gasteiger partial charge on any atom is -0.333 e. The largest absolute Gasteiger partial charge is 0.434 e. The molecule has 0 N–H and O–H groups in total. The zero-order valence-electron chi connectivity index (χ0n) is 14.7. The van der Waals surface area contributed by atoms with Gasteiger partial charge in [-0.05, 0) is 24.3 Å². The van der Waals surface area contributed by atoms with Crippen molar-refractivity contribution in [3.05, 3.63) is 72.1 Å². The Balaban J connectivity index is 1.74. The Morgan fingerprint density at radius 2 is 1.47 bits per heavy atom. The van der Waals surface area contributed by atoms with Crippen LogP contribution < -0.4 is 0 Å². The van der Waals surface area contributed by atoms with E-state index in [1.54, 1.807) is 18.2 Å². The number of aromatic nitrogens is 4. The monoisotopic (exact) mass is 424 g/mol. The van der Waals surface area contributed by atoms with Gasteiger partial charge in [0.1, 0.15) is 0 Å². The van der Waals surface area contributed by atoms with Crippen molar-refractivity contribution in [3.63, 3.8) is 0 Å². The SMILES string of the molecule is FC(F)(F)c1ccc(-c2noc(-c3cnn(-c4ccccc4)c3C(F)(F)F)n2)cc1. The number of hydrogen-bond donors (Lipinski definition) is 0. The Morgan fingerprint density at radius 3 is 2.07 bits per heavy atom. The fraction of sp³-hybridized carbons (Fsp3) is 0.105. The summed E-state index contributed by atoms with van der Waals surface area (Å²) in [4.78, 5) is 3.91. The Kier molecular flexibility index (Phi) is 4.60. The van der Waals surface area contributed by atoms with Crippen LogP contribution in [0.15, 0.2) is 65.3 Å². The van der Waals surface area contributed by atoms with Crippen molar-refractivity contribution < 1.29 is 30.9 Å². The van der Waals surface area contributed by atoms with Gasteiger partial charge in [0.15, 0.2) is 5.69 Å². The highest BCUT2D eigenvalue weighted by molar-refractivity contribution is 5.62. The summed E-state index contributed by atoms with van der Waals surface area (Å²) in [6.45, 7) is 0. The molecule has 2 heterocycles. The van der Waals surface area contributed by atoms with Crippen LogP contribution in [0.25, 0.3) is 28.5 Å². The Hall–Kier alpha value is -3.63. The minimum atomic E-state index is -4.79. The topological polar surface area (TPSA) is 56.7 Å². The first kappa shape index (κ1) is 19.7. The molecule has 4 aromatic rings. The highest BCUT2D eigenvalue weighted by Crippen LogP contribution is 2.38. The first-order chi connectivity index (χ1) is 14.1. The number of nitrogens with zero attached hydrogens (tertiary/aromatic N) is 4. The summed E-state index contributed by atoms with van der Waals surface area (Å²) in [5, 5.41) is 7.38. The maximum Gasteiger partial charge on any atom is 0.434 e. The highest BCUT2D eigenvalue weighted by Gasteiger charge is 2.40. The van der Waals surface area contributed by atoms with Gasteiger partial charge in [0.2, 0.25) is 5.82 Å². The maximum atomic E-state index is 13.7. The summed E-state index contributed by atoms with van der Waals surface area (Å²) >= 11 is 0. The fourth-order valence-corrected chi connectivity index (χ4v) is 2.80. The number of benzene rings is 2. The van der Waals surface area contributed by atoms with Gasteiger partial charge in [-0.25, -0.2) is 4.68 Å². The van der Waals surface area contributed by atoms with Gasteiger partial charge in [-0.2, -0.15) is 36.4 Å².